The highest BCUT2D eigenvalue weighted by Crippen LogP contribution is 2.35. The Balaban J connectivity index is 1.49. The molecule has 1 N–H and O–H groups in total. The number of hydrogen-bond donors (Lipinski definition) is 1. The lowest BCUT2D eigenvalue weighted by Crippen LogP contribution is -2.27. The lowest BCUT2D eigenvalue weighted by molar-refractivity contribution is -0.119. The van der Waals surface area contributed by atoms with Gasteiger partial charge >= 0.3 is 0 Å². The zero-order chi connectivity index (χ0) is 22.1. The van der Waals surface area contributed by atoms with Crippen molar-refractivity contribution < 1.29 is 18.7 Å². The van der Waals surface area contributed by atoms with Crippen LogP contribution in [0.2, 0.25) is 0 Å². The highest BCUT2D eigenvalue weighted by molar-refractivity contribution is 5.95. The Hall–Kier alpha value is -3.87. The van der Waals surface area contributed by atoms with Crippen molar-refractivity contribution in [3.05, 3.63) is 83.9 Å². The van der Waals surface area contributed by atoms with Crippen LogP contribution in [-0.4, -0.2) is 22.3 Å². The summed E-state index contributed by atoms with van der Waals surface area (Å²) in [5.41, 5.74) is 3.27. The largest absolute Gasteiger partial charge is 0.454 e. The maximum atomic E-state index is 13.4. The monoisotopic (exact) mass is 431 g/mol. The number of nitrogens with zero attached hydrogens (tertiary/aromatic N) is 2. The van der Waals surface area contributed by atoms with Gasteiger partial charge in [0.25, 0.3) is 0 Å². The SMILES string of the molecule is CC[C@H](C(=O)Nc1ccc2c(c1)OCO2)n1c(Cc2ccc(F)cc2)nc2ccccc21. The zero-order valence-corrected chi connectivity index (χ0v) is 17.5. The number of anilines is 1. The molecule has 0 radical (unpaired) electrons. The fraction of sp³-hybridized carbons (Fsp3) is 0.200. The molecular weight excluding hydrogens is 409 g/mol. The van der Waals surface area contributed by atoms with Crippen molar-refractivity contribution in [3.63, 3.8) is 0 Å². The number of halogens is 1. The van der Waals surface area contributed by atoms with Crippen LogP contribution >= 0.6 is 0 Å². The van der Waals surface area contributed by atoms with Gasteiger partial charge in [-0.1, -0.05) is 31.2 Å². The van der Waals surface area contributed by atoms with Gasteiger partial charge in [0, 0.05) is 18.2 Å². The average Bonchev–Trinajstić information content (AvgIpc) is 3.40. The number of nitrogens with one attached hydrogen (secondary N) is 1. The highest BCUT2D eigenvalue weighted by atomic mass is 19.1. The lowest BCUT2D eigenvalue weighted by Gasteiger charge is -2.20. The van der Waals surface area contributed by atoms with E-state index in [1.54, 1.807) is 30.3 Å². The number of rotatable bonds is 6. The third-order valence-electron chi connectivity index (χ3n) is 5.59. The van der Waals surface area contributed by atoms with Crippen LogP contribution < -0.4 is 14.8 Å². The number of hydrogen-bond acceptors (Lipinski definition) is 4. The average molecular weight is 431 g/mol. The van der Waals surface area contributed by atoms with Crippen LogP contribution in [0.5, 0.6) is 11.5 Å². The van der Waals surface area contributed by atoms with Gasteiger partial charge in [-0.15, -0.1) is 0 Å². The molecule has 1 atom stereocenters. The Morgan fingerprint density at radius 3 is 2.69 bits per heavy atom. The molecule has 1 aromatic heterocycles. The van der Waals surface area contributed by atoms with Crippen LogP contribution in [0.3, 0.4) is 0 Å². The summed E-state index contributed by atoms with van der Waals surface area (Å²) in [6, 6.07) is 19.0. The summed E-state index contributed by atoms with van der Waals surface area (Å²) in [6.07, 6.45) is 1.07. The van der Waals surface area contributed by atoms with Gasteiger partial charge in [-0.2, -0.15) is 0 Å². The fourth-order valence-electron chi connectivity index (χ4n) is 4.04. The van der Waals surface area contributed by atoms with E-state index in [1.807, 2.05) is 35.8 Å². The van der Waals surface area contributed by atoms with Crippen LogP contribution in [0, 0.1) is 5.82 Å². The number of imidazole rings is 1. The van der Waals surface area contributed by atoms with Gasteiger partial charge in [0.2, 0.25) is 12.7 Å². The van der Waals surface area contributed by atoms with Crippen molar-refractivity contribution in [1.82, 2.24) is 9.55 Å². The topological polar surface area (TPSA) is 65.4 Å². The minimum Gasteiger partial charge on any atom is -0.454 e. The first-order valence-corrected chi connectivity index (χ1v) is 10.5. The van der Waals surface area contributed by atoms with Crippen LogP contribution in [0.25, 0.3) is 11.0 Å². The summed E-state index contributed by atoms with van der Waals surface area (Å²) in [6.45, 7) is 2.15. The number of aromatic nitrogens is 2. The standard InChI is InChI=1S/C25H22FN3O3/c1-2-20(25(30)27-18-11-12-22-23(14-18)32-15-31-22)29-21-6-4-3-5-19(21)28-24(29)13-16-7-9-17(26)10-8-16/h3-12,14,20H,2,13,15H2,1H3,(H,27,30)/t20-/m1/s1. The Morgan fingerprint density at radius 2 is 1.88 bits per heavy atom. The number of benzene rings is 3. The fourth-order valence-corrected chi connectivity index (χ4v) is 4.04. The second kappa shape index (κ2) is 8.34. The van der Waals surface area contributed by atoms with Gasteiger partial charge < -0.3 is 19.4 Å². The Labute approximate surface area is 184 Å². The number of amides is 1. The van der Waals surface area contributed by atoms with E-state index < -0.39 is 6.04 Å². The maximum Gasteiger partial charge on any atom is 0.247 e. The quantitative estimate of drug-likeness (QED) is 0.462. The molecule has 0 fully saturated rings. The molecule has 0 bridgehead atoms. The second-order valence-corrected chi connectivity index (χ2v) is 7.67. The molecule has 2 heterocycles. The summed E-state index contributed by atoms with van der Waals surface area (Å²) in [5.74, 6) is 1.61. The van der Waals surface area contributed by atoms with Crippen molar-refractivity contribution in [2.75, 3.05) is 12.1 Å². The number of ether oxygens (including phenoxy) is 2. The van der Waals surface area contributed by atoms with E-state index in [1.165, 1.54) is 12.1 Å². The zero-order valence-electron chi connectivity index (χ0n) is 17.5. The predicted octanol–water partition coefficient (Wildman–Crippen LogP) is 5.08. The highest BCUT2D eigenvalue weighted by Gasteiger charge is 2.25. The van der Waals surface area contributed by atoms with Crippen molar-refractivity contribution >= 4 is 22.6 Å². The molecule has 7 heteroatoms. The maximum absolute atomic E-state index is 13.4. The van der Waals surface area contributed by atoms with Gasteiger partial charge in [0.1, 0.15) is 17.7 Å². The van der Waals surface area contributed by atoms with Crippen LogP contribution in [-0.2, 0) is 11.2 Å². The number of para-hydroxylation sites is 2. The number of carbonyl (C=O) groups excluding carboxylic acids is 1. The molecule has 3 aromatic carbocycles. The van der Waals surface area contributed by atoms with Gasteiger partial charge in [-0.25, -0.2) is 9.37 Å². The van der Waals surface area contributed by atoms with Crippen LogP contribution in [0.15, 0.2) is 66.7 Å². The third-order valence-corrected chi connectivity index (χ3v) is 5.59. The smallest absolute Gasteiger partial charge is 0.247 e. The van der Waals surface area contributed by atoms with E-state index in [-0.39, 0.29) is 18.5 Å². The molecule has 1 aliphatic heterocycles. The number of fused-ring (bicyclic) bond motifs is 2. The molecule has 6 nitrogen and oxygen atoms in total. The van der Waals surface area contributed by atoms with E-state index in [0.29, 0.717) is 30.0 Å². The van der Waals surface area contributed by atoms with E-state index in [2.05, 4.69) is 5.32 Å². The van der Waals surface area contributed by atoms with Crippen molar-refractivity contribution in [3.8, 4) is 11.5 Å². The molecular formula is C25H22FN3O3. The Morgan fingerprint density at radius 1 is 1.09 bits per heavy atom. The first kappa shape index (κ1) is 20.1. The summed E-state index contributed by atoms with van der Waals surface area (Å²) >= 11 is 0. The molecule has 0 saturated carbocycles. The molecule has 0 spiro atoms. The molecule has 0 saturated heterocycles. The summed E-state index contributed by atoms with van der Waals surface area (Å²) in [7, 11) is 0. The predicted molar refractivity (Wildman–Crippen MR) is 119 cm³/mol. The Bertz CT molecular complexity index is 1280. The molecule has 1 aliphatic rings. The molecule has 0 aliphatic carbocycles. The molecule has 1 amide bonds. The van der Waals surface area contributed by atoms with Crippen molar-refractivity contribution in [1.29, 1.82) is 0 Å². The first-order chi connectivity index (χ1) is 15.6. The molecule has 162 valence electrons. The van der Waals surface area contributed by atoms with Crippen LogP contribution in [0.1, 0.15) is 30.8 Å². The van der Waals surface area contributed by atoms with E-state index in [0.717, 1.165) is 22.4 Å². The third kappa shape index (κ3) is 3.77. The van der Waals surface area contributed by atoms with Crippen molar-refractivity contribution in [2.45, 2.75) is 25.8 Å². The summed E-state index contributed by atoms with van der Waals surface area (Å²) < 4.78 is 26.1. The lowest BCUT2D eigenvalue weighted by atomic mass is 10.1. The second-order valence-electron chi connectivity index (χ2n) is 7.67. The van der Waals surface area contributed by atoms with E-state index >= 15 is 0 Å². The number of carbonyl (C=O) groups is 1. The minimum absolute atomic E-state index is 0.144. The van der Waals surface area contributed by atoms with Crippen LogP contribution in [0.4, 0.5) is 10.1 Å². The molecule has 0 unspecified atom stereocenters. The van der Waals surface area contributed by atoms with E-state index in [9.17, 15) is 9.18 Å². The summed E-state index contributed by atoms with van der Waals surface area (Å²) in [4.78, 5) is 18.1. The minimum atomic E-state index is -0.469. The molecule has 4 aromatic rings. The normalized spacial score (nSPS) is 13.3. The van der Waals surface area contributed by atoms with Gasteiger partial charge in [0.05, 0.1) is 11.0 Å². The van der Waals surface area contributed by atoms with E-state index in [4.69, 9.17) is 14.5 Å². The molecule has 32 heavy (non-hydrogen) atoms. The Kier molecular flexibility index (Phi) is 5.23. The summed E-state index contributed by atoms with van der Waals surface area (Å²) in [5, 5.41) is 3.00. The van der Waals surface area contributed by atoms with Crippen molar-refractivity contribution in [2.24, 2.45) is 0 Å². The molecule has 5 rings (SSSR count). The van der Waals surface area contributed by atoms with Gasteiger partial charge in [0.15, 0.2) is 11.5 Å². The first-order valence-electron chi connectivity index (χ1n) is 10.5. The van der Waals surface area contributed by atoms with Gasteiger partial charge in [-0.3, -0.25) is 4.79 Å². The van der Waals surface area contributed by atoms with Gasteiger partial charge in [-0.05, 0) is 48.4 Å².